The third-order valence-corrected chi connectivity index (χ3v) is 4.38. The van der Waals surface area contributed by atoms with Gasteiger partial charge in [0.15, 0.2) is 11.6 Å². The fourth-order valence-corrected chi connectivity index (χ4v) is 3.20. The van der Waals surface area contributed by atoms with Crippen LogP contribution in [0.2, 0.25) is 0 Å². The van der Waals surface area contributed by atoms with Gasteiger partial charge in [-0.2, -0.15) is 0 Å². The van der Waals surface area contributed by atoms with Crippen molar-refractivity contribution in [3.05, 3.63) is 71.3 Å². The van der Waals surface area contributed by atoms with Gasteiger partial charge in [0.05, 0.1) is 5.92 Å². The number of benzene rings is 2. The number of ketones is 2. The van der Waals surface area contributed by atoms with Gasteiger partial charge in [-0.1, -0.05) is 61.5 Å². The van der Waals surface area contributed by atoms with E-state index in [0.29, 0.717) is 16.7 Å². The molecule has 2 aromatic carbocycles. The molecule has 22 heavy (non-hydrogen) atoms. The molecule has 0 unspecified atom stereocenters. The maximum absolute atomic E-state index is 13.0. The molecular weight excluding hydrogens is 280 g/mol. The van der Waals surface area contributed by atoms with Crippen molar-refractivity contribution >= 4 is 17.5 Å². The van der Waals surface area contributed by atoms with Crippen molar-refractivity contribution in [1.29, 1.82) is 0 Å². The first kappa shape index (κ1) is 14.2. The summed E-state index contributed by atoms with van der Waals surface area (Å²) in [7, 11) is 0. The van der Waals surface area contributed by atoms with E-state index >= 15 is 0 Å². The Bertz CT molecular complexity index is 742. The molecule has 0 spiro atoms. The summed E-state index contributed by atoms with van der Waals surface area (Å²) in [6.45, 7) is 1.41. The van der Waals surface area contributed by atoms with E-state index in [1.165, 1.54) is 6.92 Å². The fraction of sp³-hybridized carbons (Fsp3) is 0.167. The molecule has 1 atom stereocenters. The Morgan fingerprint density at radius 1 is 0.909 bits per heavy atom. The van der Waals surface area contributed by atoms with Crippen LogP contribution in [0.5, 0.6) is 0 Å². The van der Waals surface area contributed by atoms with E-state index in [9.17, 15) is 19.5 Å². The normalized spacial score (nSPS) is 17.1. The van der Waals surface area contributed by atoms with Gasteiger partial charge in [0.25, 0.3) is 0 Å². The lowest BCUT2D eigenvalue weighted by Crippen LogP contribution is -2.47. The molecular formula is C18H14O4. The molecule has 1 aliphatic rings. The van der Waals surface area contributed by atoms with Gasteiger partial charge in [0.2, 0.25) is 0 Å². The van der Waals surface area contributed by atoms with Crippen molar-refractivity contribution in [1.82, 2.24) is 0 Å². The van der Waals surface area contributed by atoms with Gasteiger partial charge in [-0.15, -0.1) is 0 Å². The minimum atomic E-state index is -1.68. The van der Waals surface area contributed by atoms with Crippen LogP contribution in [-0.4, -0.2) is 22.6 Å². The van der Waals surface area contributed by atoms with E-state index in [1.54, 1.807) is 54.6 Å². The number of rotatable bonds is 3. The summed E-state index contributed by atoms with van der Waals surface area (Å²) in [5.41, 5.74) is -0.665. The molecule has 0 saturated heterocycles. The van der Waals surface area contributed by atoms with Gasteiger partial charge in [-0.25, -0.2) is 0 Å². The molecule has 0 fully saturated rings. The van der Waals surface area contributed by atoms with Crippen LogP contribution in [0.25, 0.3) is 0 Å². The molecule has 0 bridgehead atoms. The summed E-state index contributed by atoms with van der Waals surface area (Å²) in [5.74, 6) is -3.19. The molecule has 4 nitrogen and oxygen atoms in total. The van der Waals surface area contributed by atoms with Crippen LogP contribution >= 0.6 is 0 Å². The lowest BCUT2D eigenvalue weighted by molar-refractivity contribution is -0.142. The monoisotopic (exact) mass is 294 g/mol. The van der Waals surface area contributed by atoms with E-state index in [4.69, 9.17) is 0 Å². The summed E-state index contributed by atoms with van der Waals surface area (Å²) in [6, 6.07) is 15.0. The average molecular weight is 294 g/mol. The van der Waals surface area contributed by atoms with Gasteiger partial charge in [0.1, 0.15) is 5.41 Å². The second-order valence-electron chi connectivity index (χ2n) is 5.44. The Labute approximate surface area is 127 Å². The fourth-order valence-electron chi connectivity index (χ4n) is 3.20. The van der Waals surface area contributed by atoms with Gasteiger partial charge in [-0.3, -0.25) is 14.4 Å². The number of aliphatic carboxylic acids is 1. The number of hydrogen-bond acceptors (Lipinski definition) is 3. The smallest absolute Gasteiger partial charge is 0.308 e. The number of carboxylic acids is 1. The standard InChI is InChI=1S/C18H14O4/c1-11(17(21)22)18(12-7-3-2-4-8-12)15(19)13-9-5-6-10-14(13)16(18)20/h2-11H,1H3,(H,21,22)/t11-/m1/s1. The van der Waals surface area contributed by atoms with E-state index in [-0.39, 0.29) is 0 Å². The molecule has 1 N–H and O–H groups in total. The zero-order valence-electron chi connectivity index (χ0n) is 11.9. The molecule has 1 aliphatic carbocycles. The van der Waals surface area contributed by atoms with Crippen LogP contribution in [0.3, 0.4) is 0 Å². The number of carbonyl (C=O) groups excluding carboxylic acids is 2. The van der Waals surface area contributed by atoms with Crippen molar-refractivity contribution in [2.24, 2.45) is 5.92 Å². The quantitative estimate of drug-likeness (QED) is 0.883. The molecule has 0 heterocycles. The van der Waals surface area contributed by atoms with Crippen molar-refractivity contribution in [3.8, 4) is 0 Å². The molecule has 2 aromatic rings. The molecule has 0 radical (unpaired) electrons. The zero-order valence-corrected chi connectivity index (χ0v) is 11.9. The first-order valence-electron chi connectivity index (χ1n) is 6.98. The highest BCUT2D eigenvalue weighted by Gasteiger charge is 2.59. The minimum Gasteiger partial charge on any atom is -0.481 e. The van der Waals surface area contributed by atoms with Crippen LogP contribution in [0.4, 0.5) is 0 Å². The van der Waals surface area contributed by atoms with Crippen molar-refractivity contribution in [3.63, 3.8) is 0 Å². The summed E-state index contributed by atoms with van der Waals surface area (Å²) in [6.07, 6.45) is 0. The zero-order chi connectivity index (χ0) is 15.9. The predicted octanol–water partition coefficient (Wildman–Crippen LogP) is 2.72. The molecule has 0 aromatic heterocycles. The van der Waals surface area contributed by atoms with Gasteiger partial charge in [0, 0.05) is 11.1 Å². The van der Waals surface area contributed by atoms with Gasteiger partial charge < -0.3 is 5.11 Å². The maximum atomic E-state index is 13.0. The van der Waals surface area contributed by atoms with Gasteiger partial charge >= 0.3 is 5.97 Å². The molecule has 3 rings (SSSR count). The minimum absolute atomic E-state index is 0.296. The van der Waals surface area contributed by atoms with Crippen molar-refractivity contribution in [2.75, 3.05) is 0 Å². The topological polar surface area (TPSA) is 71.4 Å². The third-order valence-electron chi connectivity index (χ3n) is 4.38. The Morgan fingerprint density at radius 2 is 1.36 bits per heavy atom. The van der Waals surface area contributed by atoms with Crippen LogP contribution in [0.1, 0.15) is 33.2 Å². The summed E-state index contributed by atoms with van der Waals surface area (Å²) < 4.78 is 0. The number of fused-ring (bicyclic) bond motifs is 1. The molecule has 0 saturated carbocycles. The lowest BCUT2D eigenvalue weighted by atomic mass is 9.67. The van der Waals surface area contributed by atoms with Crippen LogP contribution in [0, 0.1) is 5.92 Å². The number of carbonyl (C=O) groups is 3. The van der Waals surface area contributed by atoms with Crippen LogP contribution < -0.4 is 0 Å². The Hall–Kier alpha value is -2.75. The van der Waals surface area contributed by atoms with E-state index in [2.05, 4.69) is 0 Å². The summed E-state index contributed by atoms with van der Waals surface area (Å²) in [5, 5.41) is 9.48. The largest absolute Gasteiger partial charge is 0.481 e. The molecule has 0 aliphatic heterocycles. The molecule has 110 valence electrons. The number of carboxylic acid groups (broad SMARTS) is 1. The van der Waals surface area contributed by atoms with E-state index in [0.717, 1.165) is 0 Å². The number of Topliss-reactive ketones (excluding diaryl/α,β-unsaturated/α-hetero) is 2. The summed E-state index contributed by atoms with van der Waals surface area (Å²) in [4.78, 5) is 37.6. The van der Waals surface area contributed by atoms with E-state index < -0.39 is 28.9 Å². The third kappa shape index (κ3) is 1.67. The lowest BCUT2D eigenvalue weighted by Gasteiger charge is -2.30. The highest BCUT2D eigenvalue weighted by atomic mass is 16.4. The SMILES string of the molecule is C[C@H](C(=O)O)C1(c2ccccc2)C(=O)c2ccccc2C1=O. The van der Waals surface area contributed by atoms with Crippen molar-refractivity contribution < 1.29 is 19.5 Å². The highest BCUT2D eigenvalue weighted by molar-refractivity contribution is 6.34. The predicted molar refractivity (Wildman–Crippen MR) is 80.0 cm³/mol. The van der Waals surface area contributed by atoms with Gasteiger partial charge in [-0.05, 0) is 5.56 Å². The summed E-state index contributed by atoms with van der Waals surface area (Å²) >= 11 is 0. The Balaban J connectivity index is 2.33. The van der Waals surface area contributed by atoms with Crippen LogP contribution in [0.15, 0.2) is 54.6 Å². The Morgan fingerprint density at radius 3 is 1.82 bits per heavy atom. The van der Waals surface area contributed by atoms with E-state index in [1.807, 2.05) is 0 Å². The maximum Gasteiger partial charge on any atom is 0.308 e. The van der Waals surface area contributed by atoms with Crippen molar-refractivity contribution in [2.45, 2.75) is 12.3 Å². The molecule has 4 heteroatoms. The second kappa shape index (κ2) is 4.91. The van der Waals surface area contributed by atoms with Crippen LogP contribution in [-0.2, 0) is 10.2 Å². The highest BCUT2D eigenvalue weighted by Crippen LogP contribution is 2.45. The Kier molecular flexibility index (Phi) is 3.17. The number of hydrogen-bond donors (Lipinski definition) is 1. The molecule has 0 amide bonds. The first-order valence-corrected chi connectivity index (χ1v) is 6.98. The second-order valence-corrected chi connectivity index (χ2v) is 5.44. The first-order chi connectivity index (χ1) is 10.5. The average Bonchev–Trinajstić information content (AvgIpc) is 2.77.